The monoisotopic (exact) mass is 424 g/mol. The molecule has 1 N–H and O–H groups in total. The van der Waals surface area contributed by atoms with Gasteiger partial charge in [-0.15, -0.1) is 0 Å². The molecule has 2 aromatic heterocycles. The molecule has 0 radical (unpaired) electrons. The van der Waals surface area contributed by atoms with E-state index in [1.54, 1.807) is 18.2 Å². The number of rotatable bonds is 2. The number of aromatic nitrogens is 3. The predicted octanol–water partition coefficient (Wildman–Crippen LogP) is 5.66. The largest absolute Gasteiger partial charge is 0.356 e. The van der Waals surface area contributed by atoms with Crippen LogP contribution in [0.3, 0.4) is 0 Å². The molecule has 4 aromatic rings. The lowest BCUT2D eigenvalue weighted by atomic mass is 9.92. The first kappa shape index (κ1) is 19.0. The molecule has 0 saturated heterocycles. The highest BCUT2D eigenvalue weighted by Gasteiger charge is 2.33. The Morgan fingerprint density at radius 3 is 2.43 bits per heavy atom. The van der Waals surface area contributed by atoms with Crippen LogP contribution >= 0.6 is 11.6 Å². The quantitative estimate of drug-likeness (QED) is 0.451. The van der Waals surface area contributed by atoms with Crippen molar-refractivity contribution in [2.75, 3.05) is 11.4 Å². The molecule has 1 unspecified atom stereocenters. The molecule has 5 rings (SSSR count). The molecule has 30 heavy (non-hydrogen) atoms. The van der Waals surface area contributed by atoms with E-state index in [4.69, 9.17) is 11.6 Å². The molecule has 0 bridgehead atoms. The van der Waals surface area contributed by atoms with Gasteiger partial charge in [0.15, 0.2) is 0 Å². The van der Waals surface area contributed by atoms with Gasteiger partial charge in [-0.05, 0) is 61.7 Å². The van der Waals surface area contributed by atoms with Crippen LogP contribution in [-0.2, 0) is 6.42 Å². The average Bonchev–Trinajstić information content (AvgIpc) is 3.05. The van der Waals surface area contributed by atoms with Crippen LogP contribution < -0.4 is 4.90 Å². The minimum atomic E-state index is -0.462. The van der Waals surface area contributed by atoms with E-state index in [1.165, 1.54) is 18.2 Å². The summed E-state index contributed by atoms with van der Waals surface area (Å²) in [7, 11) is 0. The molecule has 0 spiro atoms. The second-order valence-electron chi connectivity index (χ2n) is 7.68. The van der Waals surface area contributed by atoms with Crippen molar-refractivity contribution in [2.24, 2.45) is 0 Å². The molecule has 152 valence electrons. The van der Waals surface area contributed by atoms with E-state index in [0.29, 0.717) is 18.0 Å². The first-order valence-electron chi connectivity index (χ1n) is 9.74. The highest BCUT2D eigenvalue weighted by atomic mass is 35.5. The van der Waals surface area contributed by atoms with Crippen LogP contribution in [0.15, 0.2) is 42.5 Å². The first-order valence-corrected chi connectivity index (χ1v) is 10.1. The average molecular weight is 425 g/mol. The number of H-pyrrole nitrogens is 1. The SMILES string of the molecule is Cc1cc(C)nc(N2CCc3c([nH]c4cc(F)c(Cl)cc34)C2c2ccc(F)cc2)n1. The van der Waals surface area contributed by atoms with Gasteiger partial charge in [-0.25, -0.2) is 18.7 Å². The van der Waals surface area contributed by atoms with Crippen molar-refractivity contribution in [3.05, 3.63) is 87.3 Å². The Morgan fingerprint density at radius 1 is 1.03 bits per heavy atom. The molecular weight excluding hydrogens is 406 g/mol. The molecule has 4 nitrogen and oxygen atoms in total. The highest BCUT2D eigenvalue weighted by molar-refractivity contribution is 6.31. The van der Waals surface area contributed by atoms with E-state index in [-0.39, 0.29) is 16.9 Å². The number of anilines is 1. The first-order chi connectivity index (χ1) is 14.4. The summed E-state index contributed by atoms with van der Waals surface area (Å²) < 4.78 is 27.7. The van der Waals surface area contributed by atoms with Crippen molar-refractivity contribution >= 4 is 28.5 Å². The minimum Gasteiger partial charge on any atom is -0.356 e. The molecule has 3 heterocycles. The van der Waals surface area contributed by atoms with Crippen molar-refractivity contribution in [2.45, 2.75) is 26.3 Å². The van der Waals surface area contributed by atoms with Crippen molar-refractivity contribution in [1.29, 1.82) is 0 Å². The van der Waals surface area contributed by atoms with Crippen LogP contribution in [0.4, 0.5) is 14.7 Å². The van der Waals surface area contributed by atoms with Gasteiger partial charge in [0.25, 0.3) is 0 Å². The number of fused-ring (bicyclic) bond motifs is 3. The summed E-state index contributed by atoms with van der Waals surface area (Å²) in [5, 5.41) is 1.01. The van der Waals surface area contributed by atoms with Gasteiger partial charge in [-0.3, -0.25) is 0 Å². The summed E-state index contributed by atoms with van der Waals surface area (Å²) in [6.07, 6.45) is 0.728. The fraction of sp³-hybridized carbons (Fsp3) is 0.217. The second kappa shape index (κ2) is 7.06. The fourth-order valence-electron chi connectivity index (χ4n) is 4.33. The number of hydrogen-bond acceptors (Lipinski definition) is 3. The third kappa shape index (κ3) is 3.12. The van der Waals surface area contributed by atoms with Gasteiger partial charge in [0, 0.05) is 34.5 Å². The number of aryl methyl sites for hydroxylation is 2. The molecule has 1 aliphatic rings. The number of nitrogens with zero attached hydrogens (tertiary/aromatic N) is 3. The Kier molecular flexibility index (Phi) is 4.47. The van der Waals surface area contributed by atoms with Crippen molar-refractivity contribution in [3.8, 4) is 0 Å². The highest BCUT2D eigenvalue weighted by Crippen LogP contribution is 2.40. The normalized spacial score (nSPS) is 16.2. The summed E-state index contributed by atoms with van der Waals surface area (Å²) in [6.45, 7) is 4.54. The number of hydrogen-bond donors (Lipinski definition) is 1. The fourth-order valence-corrected chi connectivity index (χ4v) is 4.49. The Balaban J connectivity index is 1.73. The van der Waals surface area contributed by atoms with Crippen LogP contribution in [0, 0.1) is 25.5 Å². The third-order valence-electron chi connectivity index (χ3n) is 5.58. The van der Waals surface area contributed by atoms with Gasteiger partial charge < -0.3 is 9.88 Å². The molecular formula is C23H19ClF2N4. The van der Waals surface area contributed by atoms with Crippen LogP contribution in [-0.4, -0.2) is 21.5 Å². The maximum atomic E-state index is 14.1. The van der Waals surface area contributed by atoms with Crippen molar-refractivity contribution in [3.63, 3.8) is 0 Å². The number of nitrogens with one attached hydrogen (secondary N) is 1. The maximum Gasteiger partial charge on any atom is 0.226 e. The van der Waals surface area contributed by atoms with E-state index in [9.17, 15) is 8.78 Å². The van der Waals surface area contributed by atoms with E-state index >= 15 is 0 Å². The van der Waals surface area contributed by atoms with Gasteiger partial charge >= 0.3 is 0 Å². The Morgan fingerprint density at radius 2 is 1.73 bits per heavy atom. The van der Waals surface area contributed by atoms with E-state index < -0.39 is 5.82 Å². The van der Waals surface area contributed by atoms with Gasteiger partial charge in [0.05, 0.1) is 11.1 Å². The van der Waals surface area contributed by atoms with Crippen LogP contribution in [0.1, 0.15) is 34.3 Å². The molecule has 0 saturated carbocycles. The zero-order chi connectivity index (χ0) is 21.0. The Labute approximate surface area is 177 Å². The van der Waals surface area contributed by atoms with Crippen LogP contribution in [0.5, 0.6) is 0 Å². The zero-order valence-electron chi connectivity index (χ0n) is 16.5. The number of halogens is 3. The van der Waals surface area contributed by atoms with Gasteiger partial charge in [-0.1, -0.05) is 23.7 Å². The molecule has 2 aromatic carbocycles. The Hall–Kier alpha value is -2.99. The minimum absolute atomic E-state index is 0.0997. The number of aromatic amines is 1. The summed E-state index contributed by atoms with van der Waals surface area (Å²) in [6, 6.07) is 11.2. The topological polar surface area (TPSA) is 44.8 Å². The summed E-state index contributed by atoms with van der Waals surface area (Å²) in [5.74, 6) is -0.138. The molecule has 0 fully saturated rings. The second-order valence-corrected chi connectivity index (χ2v) is 8.08. The number of benzene rings is 2. The van der Waals surface area contributed by atoms with E-state index in [1.807, 2.05) is 19.9 Å². The summed E-state index contributed by atoms with van der Waals surface area (Å²) in [5.41, 5.74) is 5.36. The summed E-state index contributed by atoms with van der Waals surface area (Å²) in [4.78, 5) is 14.8. The lowest BCUT2D eigenvalue weighted by Crippen LogP contribution is -2.37. The van der Waals surface area contributed by atoms with Gasteiger partial charge in [0.2, 0.25) is 5.95 Å². The zero-order valence-corrected chi connectivity index (χ0v) is 17.3. The standard InChI is InChI=1S/C23H19ClF2N4/c1-12-9-13(2)28-23(27-12)30-8-7-16-17-10-18(24)19(26)11-20(17)29-21(16)22(30)14-3-5-15(25)6-4-14/h3-6,9-11,22,29H,7-8H2,1-2H3. The lowest BCUT2D eigenvalue weighted by Gasteiger charge is -2.36. The smallest absolute Gasteiger partial charge is 0.226 e. The van der Waals surface area contributed by atoms with Crippen molar-refractivity contribution < 1.29 is 8.78 Å². The van der Waals surface area contributed by atoms with E-state index in [0.717, 1.165) is 40.0 Å². The Bertz CT molecular complexity index is 1250. The third-order valence-corrected chi connectivity index (χ3v) is 5.87. The molecule has 1 atom stereocenters. The van der Waals surface area contributed by atoms with Gasteiger partial charge in [0.1, 0.15) is 11.6 Å². The summed E-state index contributed by atoms with van der Waals surface area (Å²) >= 11 is 6.06. The van der Waals surface area contributed by atoms with Crippen molar-refractivity contribution in [1.82, 2.24) is 15.0 Å². The van der Waals surface area contributed by atoms with Crippen LogP contribution in [0.25, 0.3) is 10.9 Å². The predicted molar refractivity (Wildman–Crippen MR) is 114 cm³/mol. The maximum absolute atomic E-state index is 14.1. The van der Waals surface area contributed by atoms with Gasteiger partial charge in [-0.2, -0.15) is 0 Å². The van der Waals surface area contributed by atoms with E-state index in [2.05, 4.69) is 19.9 Å². The lowest BCUT2D eigenvalue weighted by molar-refractivity contribution is 0.612. The van der Waals surface area contributed by atoms with Crippen LogP contribution in [0.2, 0.25) is 5.02 Å². The molecule has 0 aliphatic carbocycles. The molecule has 7 heteroatoms. The molecule has 1 aliphatic heterocycles. The molecule has 0 amide bonds.